The molecule has 1 fully saturated rings. The minimum Gasteiger partial charge on any atom is -0.356 e. The predicted octanol–water partition coefficient (Wildman–Crippen LogP) is 5.43. The van der Waals surface area contributed by atoms with Crippen molar-refractivity contribution in [3.63, 3.8) is 0 Å². The number of nitrogens with zero attached hydrogens (tertiary/aromatic N) is 4. The van der Waals surface area contributed by atoms with E-state index >= 15 is 0 Å². The lowest BCUT2D eigenvalue weighted by Gasteiger charge is -2.32. The fourth-order valence-corrected chi connectivity index (χ4v) is 4.43. The van der Waals surface area contributed by atoms with Gasteiger partial charge in [-0.15, -0.1) is 0 Å². The molecule has 0 unspecified atom stereocenters. The quantitative estimate of drug-likeness (QED) is 0.340. The number of benzene rings is 2. The molecule has 0 bridgehead atoms. The average molecular weight is 493 g/mol. The number of rotatable bonds is 6. The third-order valence-corrected chi connectivity index (χ3v) is 6.79. The SMILES string of the molecule is CC(=NOc1cccc(C)c1C)c1cnc(C)nc1C1CCN(C(=O)Cc2c(F)cccc2F)CC1. The van der Waals surface area contributed by atoms with Crippen molar-refractivity contribution in [1.29, 1.82) is 0 Å². The summed E-state index contributed by atoms with van der Waals surface area (Å²) < 4.78 is 28.0. The molecule has 0 N–H and O–H groups in total. The van der Waals surface area contributed by atoms with E-state index in [-0.39, 0.29) is 23.8 Å². The number of oxime groups is 1. The van der Waals surface area contributed by atoms with E-state index in [1.54, 1.807) is 11.1 Å². The Balaban J connectivity index is 1.47. The van der Waals surface area contributed by atoms with Gasteiger partial charge >= 0.3 is 0 Å². The van der Waals surface area contributed by atoms with Gasteiger partial charge in [0.1, 0.15) is 17.5 Å². The van der Waals surface area contributed by atoms with Crippen LogP contribution in [0.3, 0.4) is 0 Å². The molecule has 4 rings (SSSR count). The van der Waals surface area contributed by atoms with Crippen molar-refractivity contribution in [1.82, 2.24) is 14.9 Å². The van der Waals surface area contributed by atoms with Crippen LogP contribution in [0.1, 0.15) is 59.5 Å². The molecular formula is C28H30F2N4O2. The highest BCUT2D eigenvalue weighted by Gasteiger charge is 2.28. The van der Waals surface area contributed by atoms with Gasteiger partial charge in [-0.05, 0) is 69.9 Å². The number of piperidine rings is 1. The largest absolute Gasteiger partial charge is 0.356 e. The first-order valence-electron chi connectivity index (χ1n) is 12.1. The van der Waals surface area contributed by atoms with Crippen LogP contribution in [0.15, 0.2) is 47.8 Å². The normalized spacial score (nSPS) is 14.7. The minimum absolute atomic E-state index is 0.0989. The molecule has 1 aromatic heterocycles. The fraction of sp³-hybridized carbons (Fsp3) is 0.357. The van der Waals surface area contributed by atoms with Crippen molar-refractivity contribution >= 4 is 11.6 Å². The van der Waals surface area contributed by atoms with Crippen molar-refractivity contribution in [2.75, 3.05) is 13.1 Å². The molecule has 0 spiro atoms. The van der Waals surface area contributed by atoms with Gasteiger partial charge in [-0.1, -0.05) is 23.4 Å². The van der Waals surface area contributed by atoms with Crippen molar-refractivity contribution < 1.29 is 18.4 Å². The summed E-state index contributed by atoms with van der Waals surface area (Å²) in [5.41, 5.74) is 4.32. The van der Waals surface area contributed by atoms with Crippen LogP contribution >= 0.6 is 0 Å². The Morgan fingerprint density at radius 1 is 1.08 bits per heavy atom. The molecule has 188 valence electrons. The number of carbonyl (C=O) groups excluding carboxylic acids is 1. The summed E-state index contributed by atoms with van der Waals surface area (Å²) in [6, 6.07) is 9.47. The van der Waals surface area contributed by atoms with Crippen molar-refractivity contribution in [3.05, 3.63) is 88.0 Å². The molecule has 0 saturated carbocycles. The zero-order valence-electron chi connectivity index (χ0n) is 21.0. The van der Waals surface area contributed by atoms with E-state index in [9.17, 15) is 13.6 Å². The van der Waals surface area contributed by atoms with Gasteiger partial charge < -0.3 is 9.74 Å². The monoisotopic (exact) mass is 492 g/mol. The lowest BCUT2D eigenvalue weighted by atomic mass is 9.89. The Kier molecular flexibility index (Phi) is 7.72. The molecule has 2 aromatic carbocycles. The average Bonchev–Trinajstić information content (AvgIpc) is 2.87. The maximum absolute atomic E-state index is 14.0. The van der Waals surface area contributed by atoms with Gasteiger partial charge in [0.2, 0.25) is 5.91 Å². The summed E-state index contributed by atoms with van der Waals surface area (Å²) in [7, 11) is 0. The van der Waals surface area contributed by atoms with E-state index in [0.29, 0.717) is 43.2 Å². The predicted molar refractivity (Wildman–Crippen MR) is 134 cm³/mol. The molecule has 2 heterocycles. The Morgan fingerprint density at radius 2 is 1.75 bits per heavy atom. The minimum atomic E-state index is -0.697. The van der Waals surface area contributed by atoms with Gasteiger partial charge in [0.25, 0.3) is 0 Å². The summed E-state index contributed by atoms with van der Waals surface area (Å²) in [5.74, 6) is -0.222. The van der Waals surface area contributed by atoms with Gasteiger partial charge in [-0.3, -0.25) is 4.79 Å². The van der Waals surface area contributed by atoms with Crippen molar-refractivity contribution in [3.8, 4) is 5.75 Å². The smallest absolute Gasteiger partial charge is 0.227 e. The molecule has 0 atom stereocenters. The summed E-state index contributed by atoms with van der Waals surface area (Å²) in [6.45, 7) is 8.69. The van der Waals surface area contributed by atoms with E-state index in [1.165, 1.54) is 18.2 Å². The maximum atomic E-state index is 14.0. The molecule has 1 amide bonds. The first kappa shape index (κ1) is 25.4. The van der Waals surface area contributed by atoms with Gasteiger partial charge in [0.05, 0.1) is 17.8 Å². The number of amides is 1. The first-order chi connectivity index (χ1) is 17.2. The van der Waals surface area contributed by atoms with Crippen LogP contribution in [0.2, 0.25) is 0 Å². The Bertz CT molecular complexity index is 1280. The van der Waals surface area contributed by atoms with Crippen LogP contribution < -0.4 is 4.84 Å². The third kappa shape index (κ3) is 5.58. The topological polar surface area (TPSA) is 67.7 Å². The van der Waals surface area contributed by atoms with Crippen LogP contribution in [-0.2, 0) is 11.2 Å². The number of hydrogen-bond acceptors (Lipinski definition) is 5. The molecule has 1 saturated heterocycles. The fourth-order valence-electron chi connectivity index (χ4n) is 4.43. The molecular weight excluding hydrogens is 462 g/mol. The highest BCUT2D eigenvalue weighted by molar-refractivity contribution is 5.99. The Morgan fingerprint density at radius 3 is 2.44 bits per heavy atom. The lowest BCUT2D eigenvalue weighted by molar-refractivity contribution is -0.131. The van der Waals surface area contributed by atoms with E-state index in [0.717, 1.165) is 22.4 Å². The molecule has 1 aliphatic heterocycles. The van der Waals surface area contributed by atoms with E-state index in [4.69, 9.17) is 9.82 Å². The standard InChI is InChI=1S/C28H30F2N4O2/c1-17-7-5-10-26(18(17)2)36-33-19(3)23-16-31-20(4)32-28(23)21-11-13-34(14-12-21)27(35)15-22-24(29)8-6-9-25(22)30/h5-10,16,21H,11-15H2,1-4H3. The molecule has 8 heteroatoms. The van der Waals surface area contributed by atoms with Crippen molar-refractivity contribution in [2.24, 2.45) is 5.16 Å². The van der Waals surface area contributed by atoms with E-state index < -0.39 is 11.6 Å². The summed E-state index contributed by atoms with van der Waals surface area (Å²) in [4.78, 5) is 29.2. The van der Waals surface area contributed by atoms with Crippen LogP contribution in [0, 0.1) is 32.4 Å². The second kappa shape index (κ2) is 10.9. The second-order valence-corrected chi connectivity index (χ2v) is 9.21. The van der Waals surface area contributed by atoms with Crippen LogP contribution in [0.5, 0.6) is 5.75 Å². The van der Waals surface area contributed by atoms with E-state index in [2.05, 4.69) is 10.1 Å². The van der Waals surface area contributed by atoms with E-state index in [1.807, 2.05) is 45.9 Å². The number of carbonyl (C=O) groups is 1. The summed E-state index contributed by atoms with van der Waals surface area (Å²) >= 11 is 0. The summed E-state index contributed by atoms with van der Waals surface area (Å²) in [6.07, 6.45) is 2.84. The maximum Gasteiger partial charge on any atom is 0.227 e. The zero-order valence-corrected chi connectivity index (χ0v) is 21.0. The van der Waals surface area contributed by atoms with Crippen LogP contribution in [0.25, 0.3) is 0 Å². The van der Waals surface area contributed by atoms with Gasteiger partial charge in [0.15, 0.2) is 5.75 Å². The first-order valence-corrected chi connectivity index (χ1v) is 12.1. The molecule has 6 nitrogen and oxygen atoms in total. The molecule has 3 aromatic rings. The van der Waals surface area contributed by atoms with Gasteiger partial charge in [-0.2, -0.15) is 0 Å². The van der Waals surface area contributed by atoms with Gasteiger partial charge in [-0.25, -0.2) is 18.7 Å². The van der Waals surface area contributed by atoms with Crippen LogP contribution in [-0.4, -0.2) is 39.6 Å². The molecule has 0 aliphatic carbocycles. The lowest BCUT2D eigenvalue weighted by Crippen LogP contribution is -2.39. The molecule has 36 heavy (non-hydrogen) atoms. The Labute approximate surface area is 210 Å². The number of likely N-dealkylation sites (tertiary alicyclic amines) is 1. The highest BCUT2D eigenvalue weighted by Crippen LogP contribution is 2.30. The number of hydrogen-bond donors (Lipinski definition) is 0. The third-order valence-electron chi connectivity index (χ3n) is 6.79. The zero-order chi connectivity index (χ0) is 25.8. The number of aromatic nitrogens is 2. The molecule has 0 radical (unpaired) electrons. The molecule has 1 aliphatic rings. The second-order valence-electron chi connectivity index (χ2n) is 9.21. The number of halogens is 2. The van der Waals surface area contributed by atoms with Crippen molar-refractivity contribution in [2.45, 2.75) is 52.9 Å². The number of aryl methyl sites for hydroxylation is 2. The van der Waals surface area contributed by atoms with Crippen LogP contribution in [0.4, 0.5) is 8.78 Å². The Hall–Kier alpha value is -3.68. The van der Waals surface area contributed by atoms with Gasteiger partial charge in [0, 0.05) is 36.3 Å². The summed E-state index contributed by atoms with van der Waals surface area (Å²) in [5, 5.41) is 4.36. The highest BCUT2D eigenvalue weighted by atomic mass is 19.1.